The van der Waals surface area contributed by atoms with Crippen LogP contribution in [-0.2, 0) is 24.1 Å². The molecule has 1 aliphatic heterocycles. The Morgan fingerprint density at radius 1 is 0.978 bits per heavy atom. The van der Waals surface area contributed by atoms with E-state index in [1.807, 2.05) is 54.6 Å². The molecule has 0 radical (unpaired) electrons. The second kappa shape index (κ2) is 13.1. The standard InChI is InChI=1S/C36H39N3O6/c1-5-6-16-30-31(32(34(42)43)37-39(30)26-14-8-7-9-15-26)28-18-17-24(35(44)45-36(2,3)4)20-29(28)33(41)38-21-25-13-11-10-12-23(25)19-27(38)22-40/h7-15,17-18,20,27,40H,5-6,16,19,21-22H2,1-4H3,(H,42,43). The van der Waals surface area contributed by atoms with E-state index >= 15 is 0 Å². The number of hydrogen-bond donors (Lipinski definition) is 2. The number of hydrogen-bond acceptors (Lipinski definition) is 6. The Morgan fingerprint density at radius 3 is 2.31 bits per heavy atom. The van der Waals surface area contributed by atoms with E-state index in [1.165, 1.54) is 6.07 Å². The number of carbonyl (C=O) groups is 3. The van der Waals surface area contributed by atoms with Gasteiger partial charge in [0.15, 0.2) is 5.69 Å². The normalized spacial score (nSPS) is 14.6. The van der Waals surface area contributed by atoms with E-state index in [9.17, 15) is 24.6 Å². The molecule has 1 aliphatic rings. The summed E-state index contributed by atoms with van der Waals surface area (Å²) in [5, 5.41) is 25.3. The molecule has 1 unspecified atom stereocenters. The fourth-order valence-corrected chi connectivity index (χ4v) is 5.79. The van der Waals surface area contributed by atoms with Crippen LogP contribution < -0.4 is 0 Å². The van der Waals surface area contributed by atoms with Crippen LogP contribution >= 0.6 is 0 Å². The summed E-state index contributed by atoms with van der Waals surface area (Å²) in [5.41, 5.74) is 3.41. The monoisotopic (exact) mass is 609 g/mol. The highest BCUT2D eigenvalue weighted by molar-refractivity contribution is 6.06. The number of rotatable bonds is 9. The summed E-state index contributed by atoms with van der Waals surface area (Å²) < 4.78 is 7.26. The minimum Gasteiger partial charge on any atom is -0.476 e. The Kier molecular flexibility index (Phi) is 9.20. The molecule has 9 nitrogen and oxygen atoms in total. The molecule has 0 aliphatic carbocycles. The van der Waals surface area contributed by atoms with Crippen LogP contribution in [-0.4, -0.2) is 61.0 Å². The van der Waals surface area contributed by atoms with Crippen molar-refractivity contribution in [2.75, 3.05) is 6.61 Å². The number of amides is 1. The molecule has 2 N–H and O–H groups in total. The average Bonchev–Trinajstić information content (AvgIpc) is 3.41. The summed E-state index contributed by atoms with van der Waals surface area (Å²) >= 11 is 0. The van der Waals surface area contributed by atoms with Crippen molar-refractivity contribution >= 4 is 17.8 Å². The molecule has 0 fully saturated rings. The van der Waals surface area contributed by atoms with E-state index in [-0.39, 0.29) is 30.0 Å². The van der Waals surface area contributed by atoms with Gasteiger partial charge in [0.25, 0.3) is 5.91 Å². The van der Waals surface area contributed by atoms with Gasteiger partial charge in [0, 0.05) is 17.7 Å². The van der Waals surface area contributed by atoms with Crippen LogP contribution in [0.3, 0.4) is 0 Å². The first-order valence-electron chi connectivity index (χ1n) is 15.3. The van der Waals surface area contributed by atoms with Gasteiger partial charge < -0.3 is 19.8 Å². The second-order valence-electron chi connectivity index (χ2n) is 12.3. The molecular formula is C36H39N3O6. The van der Waals surface area contributed by atoms with Gasteiger partial charge in [-0.1, -0.05) is 61.9 Å². The average molecular weight is 610 g/mol. The maximum absolute atomic E-state index is 14.6. The van der Waals surface area contributed by atoms with Crippen LogP contribution in [0.2, 0.25) is 0 Å². The second-order valence-corrected chi connectivity index (χ2v) is 12.3. The van der Waals surface area contributed by atoms with Crippen molar-refractivity contribution in [3.8, 4) is 16.8 Å². The SMILES string of the molecule is CCCCc1c(-c2ccc(C(=O)OC(C)(C)C)cc2C(=O)N2Cc3ccccc3CC2CO)c(C(=O)O)nn1-c1ccccc1. The fourth-order valence-electron chi connectivity index (χ4n) is 5.79. The number of nitrogens with zero attached hydrogens (tertiary/aromatic N) is 3. The molecule has 234 valence electrons. The maximum Gasteiger partial charge on any atom is 0.357 e. The number of unbranched alkanes of at least 4 members (excludes halogenated alkanes) is 1. The highest BCUT2D eigenvalue weighted by atomic mass is 16.6. The number of benzene rings is 3. The molecule has 5 rings (SSSR count). The summed E-state index contributed by atoms with van der Waals surface area (Å²) in [5.74, 6) is -2.25. The first kappa shape index (κ1) is 31.7. The van der Waals surface area contributed by atoms with Crippen molar-refractivity contribution in [3.05, 3.63) is 106 Å². The highest BCUT2D eigenvalue weighted by Gasteiger charge is 2.34. The number of aromatic carboxylic acids is 1. The molecule has 0 saturated heterocycles. The summed E-state index contributed by atoms with van der Waals surface area (Å²) in [4.78, 5) is 42.2. The van der Waals surface area contributed by atoms with E-state index in [2.05, 4.69) is 12.0 Å². The summed E-state index contributed by atoms with van der Waals surface area (Å²) in [6.45, 7) is 7.34. The molecule has 45 heavy (non-hydrogen) atoms. The molecule has 1 amide bonds. The van der Waals surface area contributed by atoms with Crippen molar-refractivity contribution < 1.29 is 29.3 Å². The van der Waals surface area contributed by atoms with Gasteiger partial charge in [0.05, 0.1) is 29.6 Å². The van der Waals surface area contributed by atoms with Crippen LogP contribution in [0.15, 0.2) is 72.8 Å². The van der Waals surface area contributed by atoms with E-state index < -0.39 is 29.5 Å². The molecule has 3 aromatic carbocycles. The zero-order valence-corrected chi connectivity index (χ0v) is 26.1. The van der Waals surface area contributed by atoms with Gasteiger partial charge in [0.2, 0.25) is 0 Å². The molecule has 1 aromatic heterocycles. The quantitative estimate of drug-likeness (QED) is 0.220. The number of para-hydroxylation sites is 1. The van der Waals surface area contributed by atoms with Crippen molar-refractivity contribution in [2.45, 2.75) is 71.6 Å². The first-order valence-corrected chi connectivity index (χ1v) is 15.3. The lowest BCUT2D eigenvalue weighted by molar-refractivity contribution is 0.00692. The lowest BCUT2D eigenvalue weighted by atomic mass is 9.90. The largest absolute Gasteiger partial charge is 0.476 e. The summed E-state index contributed by atoms with van der Waals surface area (Å²) in [6, 6.07) is 21.2. The first-order chi connectivity index (χ1) is 21.5. The van der Waals surface area contributed by atoms with Gasteiger partial charge >= 0.3 is 11.9 Å². The van der Waals surface area contributed by atoms with Gasteiger partial charge in [-0.25, -0.2) is 14.3 Å². The maximum atomic E-state index is 14.6. The van der Waals surface area contributed by atoms with Crippen LogP contribution in [0.4, 0.5) is 0 Å². The van der Waals surface area contributed by atoms with Crippen molar-refractivity contribution in [3.63, 3.8) is 0 Å². The minimum atomic E-state index is -1.23. The van der Waals surface area contributed by atoms with Gasteiger partial charge in [-0.3, -0.25) is 4.79 Å². The smallest absolute Gasteiger partial charge is 0.357 e. The molecule has 1 atom stereocenters. The van der Waals surface area contributed by atoms with Gasteiger partial charge in [0.1, 0.15) is 5.60 Å². The molecule has 0 spiro atoms. The van der Waals surface area contributed by atoms with E-state index in [0.717, 1.165) is 24.0 Å². The third kappa shape index (κ3) is 6.68. The predicted octanol–water partition coefficient (Wildman–Crippen LogP) is 6.09. The third-order valence-corrected chi connectivity index (χ3v) is 7.93. The zero-order chi connectivity index (χ0) is 32.3. The zero-order valence-electron chi connectivity index (χ0n) is 26.1. The van der Waals surface area contributed by atoms with Crippen molar-refractivity contribution in [1.29, 1.82) is 0 Å². The number of aliphatic hydroxyl groups excluding tert-OH is 1. The predicted molar refractivity (Wildman–Crippen MR) is 171 cm³/mol. The van der Waals surface area contributed by atoms with Crippen LogP contribution in [0, 0.1) is 0 Å². The minimum absolute atomic E-state index is 0.143. The number of aliphatic hydroxyl groups is 1. The molecule has 0 bridgehead atoms. The summed E-state index contributed by atoms with van der Waals surface area (Å²) in [7, 11) is 0. The van der Waals surface area contributed by atoms with E-state index in [4.69, 9.17) is 4.74 Å². The number of esters is 1. The van der Waals surface area contributed by atoms with Crippen LogP contribution in [0.25, 0.3) is 16.8 Å². The molecule has 4 aromatic rings. The lowest BCUT2D eigenvalue weighted by Crippen LogP contribution is -2.46. The molecular weight excluding hydrogens is 570 g/mol. The Balaban J connectivity index is 1.74. The van der Waals surface area contributed by atoms with Crippen molar-refractivity contribution in [1.82, 2.24) is 14.7 Å². The van der Waals surface area contributed by atoms with E-state index in [0.29, 0.717) is 35.3 Å². The van der Waals surface area contributed by atoms with Gasteiger partial charge in [-0.05, 0) is 81.0 Å². The lowest BCUT2D eigenvalue weighted by Gasteiger charge is -2.36. The highest BCUT2D eigenvalue weighted by Crippen LogP contribution is 2.36. The Bertz CT molecular complexity index is 1720. The van der Waals surface area contributed by atoms with Crippen LogP contribution in [0.1, 0.15) is 88.6 Å². The van der Waals surface area contributed by atoms with Crippen molar-refractivity contribution in [2.24, 2.45) is 0 Å². The van der Waals surface area contributed by atoms with E-state index in [1.54, 1.807) is 42.5 Å². The molecule has 9 heteroatoms. The third-order valence-electron chi connectivity index (χ3n) is 7.93. The number of carboxylic acids is 1. The topological polar surface area (TPSA) is 122 Å². The van der Waals surface area contributed by atoms with Gasteiger partial charge in [-0.15, -0.1) is 0 Å². The number of fused-ring (bicyclic) bond motifs is 1. The number of carboxylic acid groups (broad SMARTS) is 1. The Hall–Kier alpha value is -4.76. The number of ether oxygens (including phenoxy) is 1. The summed E-state index contributed by atoms with van der Waals surface area (Å²) in [6.07, 6.45) is 2.60. The molecule has 0 saturated carbocycles. The number of carbonyl (C=O) groups excluding carboxylic acids is 2. The fraction of sp³-hybridized carbons (Fsp3) is 0.333. The molecule has 2 heterocycles. The Labute approximate surface area is 263 Å². The Morgan fingerprint density at radius 2 is 1.67 bits per heavy atom. The van der Waals surface area contributed by atoms with Crippen LogP contribution in [0.5, 0.6) is 0 Å². The van der Waals surface area contributed by atoms with Gasteiger partial charge in [-0.2, -0.15) is 5.10 Å². The number of aromatic nitrogens is 2.